The van der Waals surface area contributed by atoms with Crippen LogP contribution in [0.5, 0.6) is 0 Å². The van der Waals surface area contributed by atoms with Crippen LogP contribution in [0.1, 0.15) is 0 Å². The van der Waals surface area contributed by atoms with Gasteiger partial charge in [-0.2, -0.15) is 0 Å². The van der Waals surface area contributed by atoms with Crippen molar-refractivity contribution in [2.45, 2.75) is 0 Å². The van der Waals surface area contributed by atoms with Gasteiger partial charge in [-0.3, -0.25) is 0 Å². The Morgan fingerprint density at radius 2 is 2.00 bits per heavy atom. The number of anilines is 1. The molecule has 0 saturated heterocycles. The molecule has 1 rings (SSSR count). The third-order valence-corrected chi connectivity index (χ3v) is 2.69. The number of nitrogens with zero attached hydrogens (tertiary/aromatic N) is 1. The first-order chi connectivity index (χ1) is 6.20. The Labute approximate surface area is 93.5 Å². The third kappa shape index (κ3) is 3.95. The van der Waals surface area contributed by atoms with Gasteiger partial charge in [0.05, 0.1) is 0 Å². The predicted molar refractivity (Wildman–Crippen MR) is 66.2 cm³/mol. The van der Waals surface area contributed by atoms with E-state index in [0.717, 1.165) is 13.1 Å². The van der Waals surface area contributed by atoms with E-state index in [1.54, 1.807) is 0 Å². The fourth-order valence-electron chi connectivity index (χ4n) is 1.02. The summed E-state index contributed by atoms with van der Waals surface area (Å²) in [6.07, 6.45) is 0. The van der Waals surface area contributed by atoms with Gasteiger partial charge >= 0.3 is 0 Å². The van der Waals surface area contributed by atoms with Crippen LogP contribution >= 0.6 is 22.6 Å². The lowest BCUT2D eigenvalue weighted by atomic mass is 10.3. The molecule has 1 N–H and O–H groups in total. The zero-order chi connectivity index (χ0) is 9.68. The summed E-state index contributed by atoms with van der Waals surface area (Å²) >= 11 is 2.34. The van der Waals surface area contributed by atoms with Crippen molar-refractivity contribution in [1.82, 2.24) is 4.90 Å². The summed E-state index contributed by atoms with van der Waals surface area (Å²) in [4.78, 5) is 2.17. The van der Waals surface area contributed by atoms with E-state index >= 15 is 0 Å². The van der Waals surface area contributed by atoms with Crippen molar-refractivity contribution < 1.29 is 0 Å². The Hall–Kier alpha value is -0.290. The Kier molecular flexibility index (Phi) is 4.52. The highest BCUT2D eigenvalue weighted by Crippen LogP contribution is 2.16. The smallest absolute Gasteiger partial charge is 0.0476 e. The lowest BCUT2D eigenvalue weighted by molar-refractivity contribution is 0.425. The molecule has 0 heterocycles. The monoisotopic (exact) mass is 290 g/mol. The van der Waals surface area contributed by atoms with E-state index in [4.69, 9.17) is 0 Å². The summed E-state index contributed by atoms with van der Waals surface area (Å²) in [5, 5.41) is 3.40. The number of hydrogen-bond donors (Lipinski definition) is 1. The lowest BCUT2D eigenvalue weighted by Gasteiger charge is -2.12. The van der Waals surface area contributed by atoms with Crippen molar-refractivity contribution in [2.24, 2.45) is 0 Å². The summed E-state index contributed by atoms with van der Waals surface area (Å²) in [5.41, 5.74) is 1.23. The second-order valence-corrected chi connectivity index (χ2v) is 4.37. The van der Waals surface area contributed by atoms with Crippen LogP contribution in [0.3, 0.4) is 0 Å². The lowest BCUT2D eigenvalue weighted by Crippen LogP contribution is -2.20. The number of para-hydroxylation sites is 1. The molecule has 13 heavy (non-hydrogen) atoms. The zero-order valence-electron chi connectivity index (χ0n) is 8.05. The average Bonchev–Trinajstić information content (AvgIpc) is 2.08. The molecule has 0 saturated carbocycles. The highest BCUT2D eigenvalue weighted by atomic mass is 127. The number of benzene rings is 1. The highest BCUT2D eigenvalue weighted by Gasteiger charge is 1.96. The van der Waals surface area contributed by atoms with Gasteiger partial charge in [-0.1, -0.05) is 12.1 Å². The van der Waals surface area contributed by atoms with Crippen LogP contribution in [0.15, 0.2) is 24.3 Å². The van der Waals surface area contributed by atoms with E-state index in [-0.39, 0.29) is 0 Å². The Balaban J connectivity index is 2.41. The van der Waals surface area contributed by atoms with Crippen LogP contribution in [0.4, 0.5) is 5.69 Å². The fourth-order valence-corrected chi connectivity index (χ4v) is 1.60. The SMILES string of the molecule is CN(C)CCNc1ccccc1I. The second kappa shape index (κ2) is 5.44. The molecule has 1 aromatic rings. The molecule has 0 aliphatic carbocycles. The molecular weight excluding hydrogens is 275 g/mol. The van der Waals surface area contributed by atoms with E-state index in [0.29, 0.717) is 0 Å². The van der Waals surface area contributed by atoms with Crippen LogP contribution in [-0.4, -0.2) is 32.1 Å². The highest BCUT2D eigenvalue weighted by molar-refractivity contribution is 14.1. The second-order valence-electron chi connectivity index (χ2n) is 3.21. The molecule has 0 fully saturated rings. The van der Waals surface area contributed by atoms with Crippen LogP contribution < -0.4 is 5.32 Å². The van der Waals surface area contributed by atoms with Gasteiger partial charge in [-0.25, -0.2) is 0 Å². The molecule has 0 unspecified atom stereocenters. The number of halogens is 1. The molecule has 3 heteroatoms. The summed E-state index contributed by atoms with van der Waals surface area (Å²) < 4.78 is 1.28. The van der Waals surface area contributed by atoms with Gasteiger partial charge in [0.15, 0.2) is 0 Å². The number of nitrogens with one attached hydrogen (secondary N) is 1. The first kappa shape index (κ1) is 10.8. The van der Waals surface area contributed by atoms with Crippen molar-refractivity contribution in [3.63, 3.8) is 0 Å². The zero-order valence-corrected chi connectivity index (χ0v) is 10.2. The van der Waals surface area contributed by atoms with Crippen LogP contribution in [0.25, 0.3) is 0 Å². The Bertz CT molecular complexity index is 261. The molecule has 0 spiro atoms. The third-order valence-electron chi connectivity index (χ3n) is 1.75. The van der Waals surface area contributed by atoms with Crippen molar-refractivity contribution in [2.75, 3.05) is 32.5 Å². The topological polar surface area (TPSA) is 15.3 Å². The van der Waals surface area contributed by atoms with Gasteiger partial charge in [0.25, 0.3) is 0 Å². The molecular formula is C10H15IN2. The van der Waals surface area contributed by atoms with E-state index in [1.165, 1.54) is 9.26 Å². The van der Waals surface area contributed by atoms with Crippen molar-refractivity contribution >= 4 is 28.3 Å². The van der Waals surface area contributed by atoms with Gasteiger partial charge < -0.3 is 10.2 Å². The van der Waals surface area contributed by atoms with Gasteiger partial charge in [0.1, 0.15) is 0 Å². The fraction of sp³-hybridized carbons (Fsp3) is 0.400. The minimum absolute atomic E-state index is 0.993. The van der Waals surface area contributed by atoms with E-state index in [1.807, 2.05) is 0 Å². The summed E-state index contributed by atoms with van der Waals surface area (Å²) in [6, 6.07) is 8.33. The normalized spacial score (nSPS) is 10.5. The average molecular weight is 290 g/mol. The maximum absolute atomic E-state index is 3.40. The molecule has 0 aliphatic rings. The van der Waals surface area contributed by atoms with Crippen LogP contribution in [0.2, 0.25) is 0 Å². The minimum atomic E-state index is 0.993. The van der Waals surface area contributed by atoms with E-state index in [9.17, 15) is 0 Å². The molecule has 0 bridgehead atoms. The van der Waals surface area contributed by atoms with Gasteiger partial charge in [0, 0.05) is 22.3 Å². The molecule has 0 aromatic heterocycles. The van der Waals surface area contributed by atoms with Crippen molar-refractivity contribution in [3.05, 3.63) is 27.8 Å². The molecule has 0 amide bonds. The quantitative estimate of drug-likeness (QED) is 0.856. The van der Waals surface area contributed by atoms with E-state index in [2.05, 4.69) is 71.2 Å². The summed E-state index contributed by atoms with van der Waals surface area (Å²) in [6.45, 7) is 2.05. The number of hydrogen-bond acceptors (Lipinski definition) is 2. The van der Waals surface area contributed by atoms with Crippen LogP contribution in [-0.2, 0) is 0 Å². The molecule has 72 valence electrons. The van der Waals surface area contributed by atoms with E-state index < -0.39 is 0 Å². The minimum Gasteiger partial charge on any atom is -0.383 e. The van der Waals surface area contributed by atoms with Crippen LogP contribution in [0, 0.1) is 3.57 Å². The largest absolute Gasteiger partial charge is 0.383 e. The van der Waals surface area contributed by atoms with Gasteiger partial charge in [-0.15, -0.1) is 0 Å². The number of likely N-dealkylation sites (N-methyl/N-ethyl adjacent to an activating group) is 1. The van der Waals surface area contributed by atoms with Gasteiger partial charge in [-0.05, 0) is 48.8 Å². The standard InChI is InChI=1S/C10H15IN2/c1-13(2)8-7-12-10-6-4-3-5-9(10)11/h3-6,12H,7-8H2,1-2H3. The molecule has 1 aromatic carbocycles. The Morgan fingerprint density at radius 3 is 2.62 bits per heavy atom. The molecule has 2 nitrogen and oxygen atoms in total. The molecule has 0 aliphatic heterocycles. The first-order valence-electron chi connectivity index (χ1n) is 4.33. The van der Waals surface area contributed by atoms with Crippen molar-refractivity contribution in [1.29, 1.82) is 0 Å². The summed E-state index contributed by atoms with van der Waals surface area (Å²) in [7, 11) is 4.16. The summed E-state index contributed by atoms with van der Waals surface area (Å²) in [5.74, 6) is 0. The maximum atomic E-state index is 3.40. The molecule has 0 atom stereocenters. The molecule has 0 radical (unpaired) electrons. The van der Waals surface area contributed by atoms with Gasteiger partial charge in [0.2, 0.25) is 0 Å². The maximum Gasteiger partial charge on any atom is 0.0476 e. The van der Waals surface area contributed by atoms with Crippen molar-refractivity contribution in [3.8, 4) is 0 Å². The predicted octanol–water partition coefficient (Wildman–Crippen LogP) is 2.26. The number of rotatable bonds is 4. The Morgan fingerprint density at radius 1 is 1.31 bits per heavy atom. The first-order valence-corrected chi connectivity index (χ1v) is 5.41.